The topological polar surface area (TPSA) is 32.3 Å². The van der Waals surface area contributed by atoms with E-state index in [0.717, 1.165) is 13.0 Å². The molecule has 1 amide bonds. The third-order valence-electron chi connectivity index (χ3n) is 1.33. The number of carbonyl (C=O) groups excluding carboxylic acids is 1. The van der Waals surface area contributed by atoms with Crippen molar-refractivity contribution < 1.29 is 4.79 Å². The Morgan fingerprint density at radius 3 is 1.91 bits per heavy atom. The first kappa shape index (κ1) is 13.1. The number of hydrogen-bond donors (Lipinski definition) is 1. The van der Waals surface area contributed by atoms with Crippen LogP contribution in [0.2, 0.25) is 0 Å². The summed E-state index contributed by atoms with van der Waals surface area (Å²) in [5, 5.41) is 2.93. The Morgan fingerprint density at radius 2 is 1.91 bits per heavy atom. The van der Waals surface area contributed by atoms with Gasteiger partial charge >= 0.3 is 0 Å². The second-order valence-corrected chi connectivity index (χ2v) is 2.57. The van der Waals surface area contributed by atoms with Gasteiger partial charge in [0, 0.05) is 13.1 Å². The van der Waals surface area contributed by atoms with E-state index in [1.54, 1.807) is 11.9 Å². The van der Waals surface area contributed by atoms with Gasteiger partial charge in [-0.2, -0.15) is 0 Å². The molecular formula is C8H20N2O. The lowest BCUT2D eigenvalue weighted by Crippen LogP contribution is -2.23. The van der Waals surface area contributed by atoms with Gasteiger partial charge in [0.25, 0.3) is 0 Å². The van der Waals surface area contributed by atoms with E-state index in [2.05, 4.69) is 12.2 Å². The first-order valence-corrected chi connectivity index (χ1v) is 3.91. The maximum atomic E-state index is 9.87. The highest BCUT2D eigenvalue weighted by atomic mass is 16.1. The van der Waals surface area contributed by atoms with Crippen molar-refractivity contribution in [3.8, 4) is 0 Å². The minimum absolute atomic E-state index is 0.331. The predicted octanol–water partition coefficient (Wildman–Crippen LogP) is 0.709. The maximum Gasteiger partial charge on any atom is 0.209 e. The van der Waals surface area contributed by atoms with E-state index in [9.17, 15) is 4.79 Å². The Hall–Kier alpha value is -0.570. The molecule has 0 atom stereocenters. The van der Waals surface area contributed by atoms with Gasteiger partial charge in [-0.25, -0.2) is 0 Å². The minimum Gasteiger partial charge on any atom is -0.346 e. The Balaban J connectivity index is 0. The quantitative estimate of drug-likeness (QED) is 0.617. The van der Waals surface area contributed by atoms with Gasteiger partial charge in [0.05, 0.1) is 0 Å². The molecule has 0 aliphatic heterocycles. The van der Waals surface area contributed by atoms with E-state index in [-0.39, 0.29) is 0 Å². The molecule has 11 heavy (non-hydrogen) atoms. The van der Waals surface area contributed by atoms with Crippen molar-refractivity contribution in [1.29, 1.82) is 0 Å². The molecule has 0 aromatic carbocycles. The van der Waals surface area contributed by atoms with Gasteiger partial charge in [-0.05, 0) is 27.4 Å². The van der Waals surface area contributed by atoms with Crippen LogP contribution in [0.5, 0.6) is 0 Å². The fourth-order valence-electron chi connectivity index (χ4n) is 0.122. The zero-order chi connectivity index (χ0) is 9.28. The van der Waals surface area contributed by atoms with Gasteiger partial charge in [0.2, 0.25) is 6.41 Å². The molecule has 0 saturated carbocycles. The molecule has 0 fully saturated rings. The SMILES string of the molecule is CC(C)N(C)C=O.CCNC. The normalized spacial score (nSPS) is 8.55. The third kappa shape index (κ3) is 12.6. The molecule has 0 spiro atoms. The van der Waals surface area contributed by atoms with Crippen molar-refractivity contribution in [2.75, 3.05) is 20.6 Å². The van der Waals surface area contributed by atoms with Gasteiger partial charge in [-0.1, -0.05) is 6.92 Å². The zero-order valence-electron chi connectivity index (χ0n) is 8.22. The predicted molar refractivity (Wildman–Crippen MR) is 48.6 cm³/mol. The standard InChI is InChI=1S/C5H11NO.C3H9N/c1-5(2)6(3)4-7;1-3-4-2/h4-5H,1-3H3;4H,3H2,1-2H3. The molecule has 0 heterocycles. The highest BCUT2D eigenvalue weighted by Gasteiger charge is 1.94. The Kier molecular flexibility index (Phi) is 11.2. The van der Waals surface area contributed by atoms with E-state index in [4.69, 9.17) is 0 Å². The summed E-state index contributed by atoms with van der Waals surface area (Å²) in [6, 6.07) is 0.331. The van der Waals surface area contributed by atoms with E-state index < -0.39 is 0 Å². The molecular weight excluding hydrogens is 140 g/mol. The average Bonchev–Trinajstić information content (AvgIpc) is 2.03. The van der Waals surface area contributed by atoms with Crippen LogP contribution < -0.4 is 5.32 Å². The van der Waals surface area contributed by atoms with Gasteiger partial charge in [0.15, 0.2) is 0 Å². The third-order valence-corrected chi connectivity index (χ3v) is 1.33. The molecule has 0 saturated heterocycles. The summed E-state index contributed by atoms with van der Waals surface area (Å²) in [7, 11) is 3.69. The Morgan fingerprint density at radius 1 is 1.55 bits per heavy atom. The maximum absolute atomic E-state index is 9.87. The molecule has 3 nitrogen and oxygen atoms in total. The van der Waals surface area contributed by atoms with Crippen LogP contribution in [-0.4, -0.2) is 38.0 Å². The molecule has 0 unspecified atom stereocenters. The number of amides is 1. The lowest BCUT2D eigenvalue weighted by molar-refractivity contribution is -0.118. The van der Waals surface area contributed by atoms with Crippen molar-refractivity contribution in [2.24, 2.45) is 0 Å². The Labute approximate surface area is 69.8 Å². The van der Waals surface area contributed by atoms with Crippen LogP contribution in [0, 0.1) is 0 Å². The second kappa shape index (κ2) is 9.43. The van der Waals surface area contributed by atoms with Crippen LogP contribution in [0.1, 0.15) is 20.8 Å². The second-order valence-electron chi connectivity index (χ2n) is 2.57. The molecule has 1 N–H and O–H groups in total. The minimum atomic E-state index is 0.331. The van der Waals surface area contributed by atoms with Gasteiger partial charge in [0.1, 0.15) is 0 Å². The van der Waals surface area contributed by atoms with Crippen LogP contribution in [0.3, 0.4) is 0 Å². The summed E-state index contributed by atoms with van der Waals surface area (Å²) in [6.07, 6.45) is 0.824. The van der Waals surface area contributed by atoms with Crippen LogP contribution >= 0.6 is 0 Å². The van der Waals surface area contributed by atoms with Crippen LogP contribution in [0.25, 0.3) is 0 Å². The molecule has 68 valence electrons. The number of hydrogen-bond acceptors (Lipinski definition) is 2. The van der Waals surface area contributed by atoms with Crippen LogP contribution in [0.4, 0.5) is 0 Å². The van der Waals surface area contributed by atoms with Crippen molar-refractivity contribution in [3.63, 3.8) is 0 Å². The first-order chi connectivity index (χ1) is 5.09. The molecule has 3 heteroatoms. The summed E-state index contributed by atoms with van der Waals surface area (Å²) >= 11 is 0. The van der Waals surface area contributed by atoms with Crippen molar-refractivity contribution in [3.05, 3.63) is 0 Å². The number of carbonyl (C=O) groups is 1. The molecule has 0 aromatic heterocycles. The molecule has 0 aliphatic carbocycles. The van der Waals surface area contributed by atoms with Crippen molar-refractivity contribution in [1.82, 2.24) is 10.2 Å². The van der Waals surface area contributed by atoms with Gasteiger partial charge in [-0.3, -0.25) is 4.79 Å². The van der Waals surface area contributed by atoms with Gasteiger partial charge < -0.3 is 10.2 Å². The molecule has 0 bridgehead atoms. The fourth-order valence-corrected chi connectivity index (χ4v) is 0.122. The fraction of sp³-hybridized carbons (Fsp3) is 0.875. The van der Waals surface area contributed by atoms with E-state index in [1.165, 1.54) is 0 Å². The van der Waals surface area contributed by atoms with Crippen molar-refractivity contribution >= 4 is 6.41 Å². The summed E-state index contributed by atoms with van der Waals surface area (Å²) in [4.78, 5) is 11.5. The summed E-state index contributed by atoms with van der Waals surface area (Å²) < 4.78 is 0. The summed E-state index contributed by atoms with van der Waals surface area (Å²) in [5.74, 6) is 0. The molecule has 0 aliphatic rings. The summed E-state index contributed by atoms with van der Waals surface area (Å²) in [6.45, 7) is 7.07. The highest BCUT2D eigenvalue weighted by Crippen LogP contribution is 1.85. The lowest BCUT2D eigenvalue weighted by atomic mass is 10.4. The number of nitrogens with zero attached hydrogens (tertiary/aromatic N) is 1. The van der Waals surface area contributed by atoms with Crippen LogP contribution in [0.15, 0.2) is 0 Å². The molecule has 0 radical (unpaired) electrons. The van der Waals surface area contributed by atoms with Crippen molar-refractivity contribution in [2.45, 2.75) is 26.8 Å². The smallest absolute Gasteiger partial charge is 0.209 e. The molecule has 0 rings (SSSR count). The number of rotatable bonds is 3. The number of nitrogens with one attached hydrogen (secondary N) is 1. The van der Waals surface area contributed by atoms with E-state index >= 15 is 0 Å². The van der Waals surface area contributed by atoms with Gasteiger partial charge in [-0.15, -0.1) is 0 Å². The average molecular weight is 160 g/mol. The lowest BCUT2D eigenvalue weighted by Gasteiger charge is -2.13. The van der Waals surface area contributed by atoms with Crippen LogP contribution in [-0.2, 0) is 4.79 Å². The first-order valence-electron chi connectivity index (χ1n) is 3.91. The largest absolute Gasteiger partial charge is 0.346 e. The Bertz CT molecular complexity index is 82.2. The van der Waals surface area contributed by atoms with E-state index in [1.807, 2.05) is 20.9 Å². The highest BCUT2D eigenvalue weighted by molar-refractivity contribution is 5.46. The summed E-state index contributed by atoms with van der Waals surface area (Å²) in [5.41, 5.74) is 0. The molecule has 0 aromatic rings. The zero-order valence-corrected chi connectivity index (χ0v) is 8.22. The monoisotopic (exact) mass is 160 g/mol. The van der Waals surface area contributed by atoms with E-state index in [0.29, 0.717) is 6.04 Å².